The molecule has 2 aliphatic heterocycles. The number of carbonyl (C=O) groups excluding carboxylic acids is 5. The molecule has 4 unspecified atom stereocenters. The molecule has 4 amide bonds. The number of amides is 4. The van der Waals surface area contributed by atoms with Gasteiger partial charge in [0.2, 0.25) is 17.7 Å². The molecule has 6 N–H and O–H groups in total. The molecule has 0 bridgehead atoms. The van der Waals surface area contributed by atoms with E-state index in [-0.39, 0.29) is 84.5 Å². The summed E-state index contributed by atoms with van der Waals surface area (Å²) in [5.74, 6) is -1.04. The van der Waals surface area contributed by atoms with E-state index in [1.54, 1.807) is 7.11 Å². The van der Waals surface area contributed by atoms with E-state index >= 15 is 0 Å². The van der Waals surface area contributed by atoms with Crippen LogP contribution in [-0.4, -0.2) is 112 Å². The molecule has 1 aliphatic carbocycles. The zero-order valence-electron chi connectivity index (χ0n) is 31.6. The van der Waals surface area contributed by atoms with Crippen LogP contribution in [0.2, 0.25) is 0 Å². The predicted octanol–water partition coefficient (Wildman–Crippen LogP) is 1.80. The van der Waals surface area contributed by atoms with Crippen molar-refractivity contribution in [2.24, 2.45) is 11.8 Å². The van der Waals surface area contributed by atoms with E-state index in [9.17, 15) is 24.0 Å². The molecule has 0 aromatic rings. The maximum atomic E-state index is 12.7. The molecule has 1 spiro atoms. The van der Waals surface area contributed by atoms with Gasteiger partial charge >= 0.3 is 6.09 Å². The second-order valence-electron chi connectivity index (χ2n) is 14.9. The number of ketones is 1. The first-order valence-corrected chi connectivity index (χ1v) is 18.4. The van der Waals surface area contributed by atoms with Gasteiger partial charge in [0.05, 0.1) is 38.3 Å². The van der Waals surface area contributed by atoms with Gasteiger partial charge in [0.15, 0.2) is 0 Å². The number of carbonyl (C=O) groups is 5. The van der Waals surface area contributed by atoms with Gasteiger partial charge in [0.1, 0.15) is 35.2 Å². The van der Waals surface area contributed by atoms with Gasteiger partial charge < -0.3 is 40.2 Å². The number of alkyl carbamates (subject to hydrolysis) is 1. The molecule has 290 valence electrons. The van der Waals surface area contributed by atoms with Crippen molar-refractivity contribution in [2.45, 2.75) is 128 Å². The van der Waals surface area contributed by atoms with Crippen molar-refractivity contribution in [3.63, 3.8) is 0 Å². The van der Waals surface area contributed by atoms with Crippen LogP contribution in [0.4, 0.5) is 4.79 Å². The lowest BCUT2D eigenvalue weighted by atomic mass is 9.68. The van der Waals surface area contributed by atoms with Crippen LogP contribution in [-0.2, 0) is 38.1 Å². The third-order valence-electron chi connectivity index (χ3n) is 9.70. The summed E-state index contributed by atoms with van der Waals surface area (Å²) in [7, 11) is 1.66. The lowest BCUT2D eigenvalue weighted by molar-refractivity contribution is -0.128. The standard InChI is InChI=1S/C36H62N6O9/c1-23(2)12-13-28-35(6,51-28)32-31(48-7)27(14-15-36(32)22-49-36)50-34(47)38-17-11-9-8-10-16-37-29(44)20-40-33(46)26(18-24(3)4)42-41-21-30(45)39-19-25(5)43/h12,24,26-28,31-32,41-42H,8-11,13-22H2,1-7H3,(H,37,44)(H,38,47)(H,39,45)(H,40,46)/t26-,27?,28+,31?,32?,35?,36-/m0/s1. The number of unbranched alkanes of at least 4 members (excludes halogenated alkanes) is 3. The van der Waals surface area contributed by atoms with Crippen molar-refractivity contribution in [1.29, 1.82) is 0 Å². The normalized spacial score (nSPS) is 26.9. The van der Waals surface area contributed by atoms with E-state index in [1.807, 2.05) is 13.8 Å². The zero-order chi connectivity index (χ0) is 37.6. The minimum absolute atomic E-state index is 0.0263. The summed E-state index contributed by atoms with van der Waals surface area (Å²) in [6, 6.07) is -0.652. The number of hydrazine groups is 1. The average molecular weight is 723 g/mol. The molecule has 3 fully saturated rings. The molecule has 3 aliphatic rings. The van der Waals surface area contributed by atoms with Gasteiger partial charge in [-0.1, -0.05) is 38.3 Å². The molecule has 2 heterocycles. The monoisotopic (exact) mass is 722 g/mol. The Bertz CT molecular complexity index is 1220. The number of ether oxygens (including phenoxy) is 4. The number of epoxide rings is 2. The first kappa shape index (κ1) is 42.3. The third-order valence-corrected chi connectivity index (χ3v) is 9.70. The van der Waals surface area contributed by atoms with Crippen molar-refractivity contribution in [3.8, 4) is 0 Å². The summed E-state index contributed by atoms with van der Waals surface area (Å²) < 4.78 is 24.1. The highest BCUT2D eigenvalue weighted by molar-refractivity contribution is 5.87. The van der Waals surface area contributed by atoms with E-state index in [0.717, 1.165) is 38.5 Å². The molecule has 1 saturated carbocycles. The SMILES string of the molecule is COC1C(OC(=O)NCCCCCCNC(=O)CNC(=O)[C@H](CC(C)C)NNCC(=O)NCC(C)=O)CC[C@]2(CO2)C1C1(C)O[C@@H]1CC=C(C)C. The Balaban J connectivity index is 1.27. The molecule has 2 saturated heterocycles. The molecule has 0 aromatic heterocycles. The van der Waals surface area contributed by atoms with Gasteiger partial charge in [0, 0.05) is 20.2 Å². The van der Waals surface area contributed by atoms with E-state index in [2.05, 4.69) is 59.0 Å². The quantitative estimate of drug-likeness (QED) is 0.0389. The third kappa shape index (κ3) is 13.8. The predicted molar refractivity (Wildman–Crippen MR) is 190 cm³/mol. The Morgan fingerprint density at radius 2 is 1.57 bits per heavy atom. The summed E-state index contributed by atoms with van der Waals surface area (Å²) in [6.07, 6.45) is 7.16. The minimum Gasteiger partial charge on any atom is -0.443 e. The number of hydrogen-bond donors (Lipinski definition) is 6. The number of nitrogens with one attached hydrogen (secondary N) is 6. The Morgan fingerprint density at radius 3 is 2.18 bits per heavy atom. The van der Waals surface area contributed by atoms with E-state index in [1.165, 1.54) is 12.5 Å². The molecular formula is C36H62N6O9. The van der Waals surface area contributed by atoms with E-state index < -0.39 is 12.1 Å². The lowest BCUT2D eigenvalue weighted by Crippen LogP contribution is -2.56. The van der Waals surface area contributed by atoms with Gasteiger partial charge in [-0.2, -0.15) is 0 Å². The second-order valence-corrected chi connectivity index (χ2v) is 14.9. The fourth-order valence-corrected chi connectivity index (χ4v) is 6.87. The maximum Gasteiger partial charge on any atom is 0.407 e. The highest BCUT2D eigenvalue weighted by atomic mass is 16.6. The van der Waals surface area contributed by atoms with Crippen LogP contribution in [0, 0.1) is 11.8 Å². The smallest absolute Gasteiger partial charge is 0.407 e. The van der Waals surface area contributed by atoms with Crippen molar-refractivity contribution in [3.05, 3.63) is 11.6 Å². The van der Waals surface area contributed by atoms with Crippen LogP contribution < -0.4 is 32.1 Å². The van der Waals surface area contributed by atoms with Crippen LogP contribution in [0.25, 0.3) is 0 Å². The topological polar surface area (TPSA) is 201 Å². The van der Waals surface area contributed by atoms with E-state index in [0.29, 0.717) is 32.5 Å². The summed E-state index contributed by atoms with van der Waals surface area (Å²) >= 11 is 0. The molecule has 0 aromatic carbocycles. The van der Waals surface area contributed by atoms with E-state index in [4.69, 9.17) is 18.9 Å². The fourth-order valence-electron chi connectivity index (χ4n) is 6.87. The minimum atomic E-state index is -0.652. The molecule has 0 radical (unpaired) electrons. The number of hydrogen-bond acceptors (Lipinski definition) is 11. The molecule has 51 heavy (non-hydrogen) atoms. The van der Waals surface area contributed by atoms with Crippen LogP contribution >= 0.6 is 0 Å². The highest BCUT2D eigenvalue weighted by Crippen LogP contribution is 2.59. The number of Topliss-reactive ketones (excluding diaryl/α,β-unsaturated/α-hetero) is 1. The molecule has 7 atom stereocenters. The first-order chi connectivity index (χ1) is 24.2. The Kier molecular flexibility index (Phi) is 16.8. The average Bonchev–Trinajstić information content (AvgIpc) is 3.99. The van der Waals surface area contributed by atoms with Gasteiger partial charge in [-0.3, -0.25) is 19.2 Å². The van der Waals surface area contributed by atoms with Crippen molar-refractivity contribution in [2.75, 3.05) is 46.4 Å². The molecule has 3 rings (SSSR count). The zero-order valence-corrected chi connectivity index (χ0v) is 31.6. The van der Waals surface area contributed by atoms with Crippen molar-refractivity contribution < 1.29 is 42.9 Å². The summed E-state index contributed by atoms with van der Waals surface area (Å²) in [5, 5.41) is 10.8. The van der Waals surface area contributed by atoms with Crippen molar-refractivity contribution >= 4 is 29.6 Å². The van der Waals surface area contributed by atoms with Gasteiger partial charge in [-0.05, 0) is 72.1 Å². The lowest BCUT2D eigenvalue weighted by Gasteiger charge is -2.42. The molecule has 15 nitrogen and oxygen atoms in total. The van der Waals surface area contributed by atoms with Crippen LogP contribution in [0.1, 0.15) is 92.9 Å². The van der Waals surface area contributed by atoms with Gasteiger partial charge in [0.25, 0.3) is 0 Å². The van der Waals surface area contributed by atoms with Crippen LogP contribution in [0.3, 0.4) is 0 Å². The number of allylic oxidation sites excluding steroid dienone is 1. The Hall–Kier alpha value is -3.11. The maximum absolute atomic E-state index is 12.7. The Labute approximate surface area is 302 Å². The number of methoxy groups -OCH3 is 1. The van der Waals surface area contributed by atoms with Gasteiger partial charge in [-0.25, -0.2) is 15.6 Å². The second kappa shape index (κ2) is 20.2. The van der Waals surface area contributed by atoms with Gasteiger partial charge in [-0.15, -0.1) is 0 Å². The largest absolute Gasteiger partial charge is 0.443 e. The summed E-state index contributed by atoms with van der Waals surface area (Å²) in [5.41, 5.74) is 6.14. The highest BCUT2D eigenvalue weighted by Gasteiger charge is 2.72. The Morgan fingerprint density at radius 1 is 0.902 bits per heavy atom. The van der Waals surface area contributed by atoms with Crippen LogP contribution in [0.5, 0.6) is 0 Å². The van der Waals surface area contributed by atoms with Crippen LogP contribution in [0.15, 0.2) is 11.6 Å². The summed E-state index contributed by atoms with van der Waals surface area (Å²) in [4.78, 5) is 60.5. The first-order valence-electron chi connectivity index (χ1n) is 18.4. The number of rotatable bonds is 23. The van der Waals surface area contributed by atoms with Crippen molar-refractivity contribution in [1.82, 2.24) is 32.1 Å². The fraction of sp³-hybridized carbons (Fsp3) is 0.806. The summed E-state index contributed by atoms with van der Waals surface area (Å²) in [6.45, 7) is 12.9. The molecular weight excluding hydrogens is 660 g/mol. The molecule has 15 heteroatoms.